The summed E-state index contributed by atoms with van der Waals surface area (Å²) in [6, 6.07) is 0.548. The van der Waals surface area contributed by atoms with Crippen LogP contribution in [0.4, 0.5) is 0 Å². The molecule has 0 aliphatic rings. The second-order valence-corrected chi connectivity index (χ2v) is 2.82. The molecule has 0 aromatic carbocycles. The van der Waals surface area contributed by atoms with Crippen molar-refractivity contribution in [2.24, 2.45) is 0 Å². The van der Waals surface area contributed by atoms with Crippen LogP contribution in [0.5, 0.6) is 0 Å². The van der Waals surface area contributed by atoms with Crippen molar-refractivity contribution in [3.05, 3.63) is 0 Å². The normalized spacial score (nSPS) is 13.9. The molecule has 0 rings (SSSR count). The van der Waals surface area contributed by atoms with Crippen LogP contribution >= 0.6 is 0 Å². The summed E-state index contributed by atoms with van der Waals surface area (Å²) in [5.41, 5.74) is 0. The fourth-order valence-electron chi connectivity index (χ4n) is 0.942. The fourth-order valence-corrected chi connectivity index (χ4v) is 0.942. The lowest BCUT2D eigenvalue weighted by molar-refractivity contribution is -0.180. The Labute approximate surface area is 70.5 Å². The van der Waals surface area contributed by atoms with Gasteiger partial charge in [-0.25, -0.2) is 0 Å². The summed E-state index contributed by atoms with van der Waals surface area (Å²) >= 11 is 0. The molecule has 0 N–H and O–H groups in total. The molecule has 68 valence electrons. The maximum Gasteiger partial charge on any atom is 0.0682 e. The van der Waals surface area contributed by atoms with Crippen LogP contribution in [0.1, 0.15) is 40.5 Å². The van der Waals surface area contributed by atoms with Crippen LogP contribution in [0.15, 0.2) is 0 Å². The van der Waals surface area contributed by atoms with E-state index in [0.29, 0.717) is 6.04 Å². The van der Waals surface area contributed by atoms with E-state index in [1.54, 1.807) is 0 Å². The molecule has 0 bridgehead atoms. The van der Waals surface area contributed by atoms with Gasteiger partial charge in [0.1, 0.15) is 0 Å². The smallest absolute Gasteiger partial charge is 0.0682 e. The molecule has 0 aliphatic heterocycles. The Morgan fingerprint density at radius 2 is 1.91 bits per heavy atom. The first kappa shape index (κ1) is 10.9. The van der Waals surface area contributed by atoms with Gasteiger partial charge in [0.25, 0.3) is 0 Å². The molecule has 11 heavy (non-hydrogen) atoms. The van der Waals surface area contributed by atoms with Crippen molar-refractivity contribution >= 4 is 0 Å². The number of nitrogens with zero attached hydrogens (tertiary/aromatic N) is 1. The van der Waals surface area contributed by atoms with Crippen LogP contribution in [-0.4, -0.2) is 24.3 Å². The van der Waals surface area contributed by atoms with Gasteiger partial charge in [-0.1, -0.05) is 20.8 Å². The molecule has 2 heteroatoms. The van der Waals surface area contributed by atoms with Gasteiger partial charge < -0.3 is 0 Å². The third kappa shape index (κ3) is 4.38. The van der Waals surface area contributed by atoms with Gasteiger partial charge >= 0.3 is 0 Å². The average molecular weight is 159 g/mol. The van der Waals surface area contributed by atoms with E-state index < -0.39 is 0 Å². The molecule has 1 atom stereocenters. The quantitative estimate of drug-likeness (QED) is 0.552. The van der Waals surface area contributed by atoms with E-state index in [9.17, 15) is 0 Å². The first-order chi connectivity index (χ1) is 5.26. The summed E-state index contributed by atoms with van der Waals surface area (Å²) in [4.78, 5) is 5.53. The van der Waals surface area contributed by atoms with E-state index in [4.69, 9.17) is 4.84 Å². The lowest BCUT2D eigenvalue weighted by Crippen LogP contribution is -2.32. The lowest BCUT2D eigenvalue weighted by Gasteiger charge is -2.25. The van der Waals surface area contributed by atoms with Gasteiger partial charge in [0.05, 0.1) is 6.61 Å². The molecule has 0 fully saturated rings. The fraction of sp³-hybridized carbons (Fsp3) is 1.00. The summed E-state index contributed by atoms with van der Waals surface area (Å²) < 4.78 is 0. The molecule has 0 heterocycles. The number of rotatable bonds is 6. The monoisotopic (exact) mass is 159 g/mol. The molecular formula is C9H21NO. The first-order valence-electron chi connectivity index (χ1n) is 4.65. The Morgan fingerprint density at radius 1 is 1.27 bits per heavy atom. The van der Waals surface area contributed by atoms with E-state index in [1.807, 2.05) is 0 Å². The molecule has 0 aromatic rings. The summed E-state index contributed by atoms with van der Waals surface area (Å²) in [6.45, 7) is 10.5. The molecule has 0 radical (unpaired) electrons. The maximum absolute atomic E-state index is 5.53. The molecule has 0 aliphatic carbocycles. The van der Waals surface area contributed by atoms with Gasteiger partial charge in [0.15, 0.2) is 0 Å². The Bertz CT molecular complexity index is 85.6. The summed E-state index contributed by atoms with van der Waals surface area (Å²) in [7, 11) is 0. The van der Waals surface area contributed by atoms with E-state index in [-0.39, 0.29) is 0 Å². The van der Waals surface area contributed by atoms with Crippen molar-refractivity contribution in [2.75, 3.05) is 13.2 Å². The van der Waals surface area contributed by atoms with Crippen LogP contribution in [0.2, 0.25) is 0 Å². The highest BCUT2D eigenvalue weighted by atomic mass is 16.7. The largest absolute Gasteiger partial charge is 0.299 e. The van der Waals surface area contributed by atoms with E-state index in [2.05, 4.69) is 32.8 Å². The summed E-state index contributed by atoms with van der Waals surface area (Å²) in [6.07, 6.45) is 2.24. The second kappa shape index (κ2) is 6.62. The lowest BCUT2D eigenvalue weighted by atomic mass is 10.2. The standard InChI is InChI=1S/C9H21NO/c1-5-8-11-10(7-3)9(4)6-2/h9H,5-8H2,1-4H3. The minimum atomic E-state index is 0.548. The predicted octanol–water partition coefficient (Wildman–Crippen LogP) is 2.45. The Hall–Kier alpha value is -0.0800. The van der Waals surface area contributed by atoms with Crippen molar-refractivity contribution in [2.45, 2.75) is 46.6 Å². The Morgan fingerprint density at radius 3 is 2.27 bits per heavy atom. The summed E-state index contributed by atoms with van der Waals surface area (Å²) in [5.74, 6) is 0. The minimum absolute atomic E-state index is 0.548. The zero-order valence-electron chi connectivity index (χ0n) is 8.26. The molecule has 0 aromatic heterocycles. The first-order valence-corrected chi connectivity index (χ1v) is 4.65. The zero-order valence-corrected chi connectivity index (χ0v) is 8.26. The molecule has 0 saturated heterocycles. The van der Waals surface area contributed by atoms with Gasteiger partial charge in [-0.2, -0.15) is 5.06 Å². The van der Waals surface area contributed by atoms with Crippen molar-refractivity contribution in [1.82, 2.24) is 5.06 Å². The van der Waals surface area contributed by atoms with Crippen LogP contribution in [0.3, 0.4) is 0 Å². The highest BCUT2D eigenvalue weighted by Crippen LogP contribution is 2.03. The van der Waals surface area contributed by atoms with Gasteiger partial charge in [-0.05, 0) is 19.8 Å². The van der Waals surface area contributed by atoms with Crippen molar-refractivity contribution in [3.8, 4) is 0 Å². The van der Waals surface area contributed by atoms with E-state index in [1.165, 1.54) is 0 Å². The maximum atomic E-state index is 5.53. The van der Waals surface area contributed by atoms with Crippen LogP contribution in [-0.2, 0) is 4.84 Å². The van der Waals surface area contributed by atoms with Gasteiger partial charge in [0.2, 0.25) is 0 Å². The molecule has 0 amide bonds. The highest BCUT2D eigenvalue weighted by molar-refractivity contribution is 4.54. The molecule has 2 nitrogen and oxygen atoms in total. The van der Waals surface area contributed by atoms with Crippen LogP contribution < -0.4 is 0 Å². The van der Waals surface area contributed by atoms with Crippen LogP contribution in [0, 0.1) is 0 Å². The van der Waals surface area contributed by atoms with Crippen molar-refractivity contribution in [3.63, 3.8) is 0 Å². The topological polar surface area (TPSA) is 12.5 Å². The molecule has 0 saturated carbocycles. The number of hydroxylamine groups is 2. The third-order valence-electron chi connectivity index (χ3n) is 1.86. The van der Waals surface area contributed by atoms with Crippen molar-refractivity contribution in [1.29, 1.82) is 0 Å². The van der Waals surface area contributed by atoms with E-state index in [0.717, 1.165) is 26.0 Å². The van der Waals surface area contributed by atoms with Gasteiger partial charge in [-0.15, -0.1) is 0 Å². The average Bonchev–Trinajstić information content (AvgIpc) is 2.05. The van der Waals surface area contributed by atoms with Crippen LogP contribution in [0.25, 0.3) is 0 Å². The third-order valence-corrected chi connectivity index (χ3v) is 1.86. The SMILES string of the molecule is CCCON(CC)C(C)CC. The zero-order chi connectivity index (χ0) is 8.69. The van der Waals surface area contributed by atoms with Gasteiger partial charge in [-0.3, -0.25) is 4.84 Å². The minimum Gasteiger partial charge on any atom is -0.299 e. The number of hydrogen-bond donors (Lipinski definition) is 0. The van der Waals surface area contributed by atoms with E-state index >= 15 is 0 Å². The Kier molecular flexibility index (Phi) is 6.57. The second-order valence-electron chi connectivity index (χ2n) is 2.82. The highest BCUT2D eigenvalue weighted by Gasteiger charge is 2.08. The van der Waals surface area contributed by atoms with Gasteiger partial charge in [0, 0.05) is 12.6 Å². The summed E-state index contributed by atoms with van der Waals surface area (Å²) in [5, 5.41) is 2.06. The Balaban J connectivity index is 3.56. The molecular weight excluding hydrogens is 138 g/mol. The predicted molar refractivity (Wildman–Crippen MR) is 48.4 cm³/mol. The van der Waals surface area contributed by atoms with Crippen molar-refractivity contribution < 1.29 is 4.84 Å². The molecule has 1 unspecified atom stereocenters. The molecule has 0 spiro atoms. The number of hydrogen-bond acceptors (Lipinski definition) is 2.